The number of thiazole rings is 2. The molecular formula is C73H101BrN14O15S7. The van der Waals surface area contributed by atoms with Crippen LogP contribution in [0.15, 0.2) is 111 Å². The van der Waals surface area contributed by atoms with Gasteiger partial charge in [0.1, 0.15) is 11.4 Å². The van der Waals surface area contributed by atoms with Crippen LogP contribution in [0.4, 0.5) is 27.9 Å². The number of carbonyl (C=O) groups is 4. The van der Waals surface area contributed by atoms with E-state index in [1.807, 2.05) is 45.4 Å². The maximum atomic E-state index is 13.3. The first kappa shape index (κ1) is 89.7. The summed E-state index contributed by atoms with van der Waals surface area (Å²) >= 11 is 8.49. The molecule has 2 fully saturated rings. The fourth-order valence-electron chi connectivity index (χ4n) is 11.7. The molecule has 2 saturated heterocycles. The van der Waals surface area contributed by atoms with Gasteiger partial charge < -0.3 is 56.7 Å². The minimum absolute atomic E-state index is 0.00910. The number of sulfone groups is 1. The molecule has 0 bridgehead atoms. The van der Waals surface area contributed by atoms with Gasteiger partial charge in [-0.3, -0.25) is 48.4 Å². The molecule has 37 heteroatoms. The Morgan fingerprint density at radius 2 is 1.14 bits per heavy atom. The number of anilines is 5. The van der Waals surface area contributed by atoms with Crippen LogP contribution < -0.4 is 46.5 Å². The number of aliphatic imine (C=N–C) groups is 2. The normalized spacial score (nSPS) is 15.4. The number of methoxy groups -OCH3 is 2. The Labute approximate surface area is 669 Å². The molecule has 110 heavy (non-hydrogen) atoms. The summed E-state index contributed by atoms with van der Waals surface area (Å²) in [6, 6.07) is 15.7. The number of aliphatic hydroxyl groups is 2. The summed E-state index contributed by atoms with van der Waals surface area (Å²) < 4.78 is 99.3. The van der Waals surface area contributed by atoms with Gasteiger partial charge >= 0.3 is 11.9 Å². The largest absolute Gasteiger partial charge is 0.487 e. The number of nitrogens with zero attached hydrogens (tertiary/aromatic N) is 7. The Hall–Kier alpha value is -7.53. The van der Waals surface area contributed by atoms with Crippen molar-refractivity contribution in [1.82, 2.24) is 25.1 Å². The lowest BCUT2D eigenvalue weighted by Gasteiger charge is -2.34. The number of aliphatic hydroxyl groups excluding tert-OH is 2. The standard InChI is InChI=1S/C28H37N7O6S3.C22H24BrN5O5S3.C17H26O3S.C6H14N2O/c1-19(29)30-16-20(27(38)41-2)14-25(37)26-24(6-13-42-26)33-44(39,40)23-5-3-4-21(15-23)31-17-22-18-43-28(32-22)35-9-7-34(8-10-35)11-12-36;1-13(24)25-10-14(21(30)33-2)8-19(29)20-18(6-7-34-20)28-36(31,32)17-5-3-4-15(9-17)26-11-16-12-35-22(23)27-16;1-10-11(2)15(21(18,19)16(4,5)6)12(3)13-9-17(7,8)20-14(10)13;9-6-5-8-3-1-7-2-4-8/h3-6,13,15,18,20,31,33,36H,7-12,14,16-17H2,1-2H3,(H2,29,30);3-7,9,12,14,26,28H,8,10-11H2,1-2H3,(H2,24,25);9H2,1-8H3;7,9H,1-6H2/t20-;14-;;/m00../s1. The van der Waals surface area contributed by atoms with Crippen molar-refractivity contribution in [3.63, 3.8) is 0 Å². The number of β-amino-alcohol motifs (C(OH)–C–C–N with tert-alkyl or cyclic N) is 2. The van der Waals surface area contributed by atoms with Gasteiger partial charge in [0.15, 0.2) is 30.5 Å². The number of hydrogen-bond donors (Lipinski definition) is 9. The molecule has 7 heterocycles. The Kier molecular flexibility index (Phi) is 33.2. The molecule has 4 aromatic heterocycles. The highest BCUT2D eigenvalue weighted by Gasteiger charge is 2.40. The lowest BCUT2D eigenvalue weighted by molar-refractivity contribution is -0.145. The van der Waals surface area contributed by atoms with E-state index in [4.69, 9.17) is 40.9 Å². The third kappa shape index (κ3) is 25.5. The number of ether oxygens (including phenoxy) is 3. The van der Waals surface area contributed by atoms with E-state index < -0.39 is 70.0 Å². The maximum absolute atomic E-state index is 13.3. The van der Waals surface area contributed by atoms with Crippen LogP contribution in [0.5, 0.6) is 5.75 Å². The summed E-state index contributed by atoms with van der Waals surface area (Å²) in [6.07, 6.45) is 0.336. The molecule has 0 aliphatic carbocycles. The van der Waals surface area contributed by atoms with Crippen molar-refractivity contribution in [2.45, 2.75) is 127 Å². The van der Waals surface area contributed by atoms with E-state index in [-0.39, 0.29) is 80.7 Å². The summed E-state index contributed by atoms with van der Waals surface area (Å²) in [6.45, 7) is 28.8. The van der Waals surface area contributed by atoms with Gasteiger partial charge in [0.25, 0.3) is 20.0 Å². The van der Waals surface area contributed by atoms with Crippen LogP contribution in [-0.2, 0) is 68.5 Å². The number of sulfonamides is 2. The summed E-state index contributed by atoms with van der Waals surface area (Å²) in [5.74, 6) is -2.28. The number of carbonyl (C=O) groups excluding carboxylic acids is 4. The van der Waals surface area contributed by atoms with Crippen LogP contribution in [0.2, 0.25) is 0 Å². The van der Waals surface area contributed by atoms with E-state index in [0.717, 1.165) is 136 Å². The van der Waals surface area contributed by atoms with E-state index in [1.165, 1.54) is 62.0 Å². The first-order valence-electron chi connectivity index (χ1n) is 35.3. The van der Waals surface area contributed by atoms with Crippen molar-refractivity contribution < 1.29 is 68.9 Å². The van der Waals surface area contributed by atoms with Gasteiger partial charge in [-0.1, -0.05) is 12.1 Å². The fraction of sp³-hybridized carbons (Fsp3) is 0.479. The zero-order chi connectivity index (χ0) is 80.9. The molecule has 3 aliphatic heterocycles. The highest BCUT2D eigenvalue weighted by molar-refractivity contribution is 9.11. The number of hydrogen-bond acceptors (Lipinski definition) is 29. The van der Waals surface area contributed by atoms with Gasteiger partial charge in [-0.05, 0) is 161 Å². The number of aromatic nitrogens is 2. The third-order valence-electron chi connectivity index (χ3n) is 17.7. The zero-order valence-corrected chi connectivity index (χ0v) is 71.2. The van der Waals surface area contributed by atoms with Gasteiger partial charge in [0, 0.05) is 112 Å². The van der Waals surface area contributed by atoms with Crippen molar-refractivity contribution in [2.75, 3.05) is 131 Å². The number of Topliss-reactive ketones (excluding diaryl/α,β-unsaturated/α-hetero) is 2. The first-order chi connectivity index (χ1) is 51.9. The minimum Gasteiger partial charge on any atom is -0.487 e. The van der Waals surface area contributed by atoms with Gasteiger partial charge in [0.05, 0.1) is 129 Å². The highest BCUT2D eigenvalue weighted by Crippen LogP contribution is 2.45. The van der Waals surface area contributed by atoms with Gasteiger partial charge in [0.2, 0.25) is 0 Å². The Balaban J connectivity index is 0.000000226. The van der Waals surface area contributed by atoms with Gasteiger partial charge in [-0.25, -0.2) is 35.2 Å². The van der Waals surface area contributed by atoms with E-state index in [2.05, 4.69) is 71.0 Å². The Morgan fingerprint density at radius 3 is 1.57 bits per heavy atom. The molecule has 10 rings (SSSR count). The average Bonchev–Trinajstić information content (AvgIpc) is 1.48. The van der Waals surface area contributed by atoms with Crippen LogP contribution in [0.25, 0.3) is 0 Å². The van der Waals surface area contributed by atoms with Crippen LogP contribution in [0.3, 0.4) is 0 Å². The van der Waals surface area contributed by atoms with Crippen molar-refractivity contribution >= 4 is 154 Å². The van der Waals surface area contributed by atoms with Crippen molar-refractivity contribution in [2.24, 2.45) is 33.3 Å². The molecule has 3 aromatic carbocycles. The molecule has 0 amide bonds. The topological polar surface area (TPSA) is 411 Å². The highest BCUT2D eigenvalue weighted by atomic mass is 79.9. The number of fused-ring (bicyclic) bond motifs is 1. The van der Waals surface area contributed by atoms with E-state index in [1.54, 1.807) is 81.0 Å². The number of halogens is 1. The molecule has 0 saturated carbocycles. The van der Waals surface area contributed by atoms with Crippen molar-refractivity contribution in [1.29, 1.82) is 0 Å². The summed E-state index contributed by atoms with van der Waals surface area (Å²) in [5, 5.41) is 35.4. The zero-order valence-electron chi connectivity index (χ0n) is 63.9. The number of amidine groups is 2. The van der Waals surface area contributed by atoms with Crippen LogP contribution in [0, 0.1) is 32.6 Å². The second-order valence-electron chi connectivity index (χ2n) is 27.7. The van der Waals surface area contributed by atoms with E-state index in [9.17, 15) is 44.4 Å². The quantitative estimate of drug-likeness (QED) is 0.00875. The summed E-state index contributed by atoms with van der Waals surface area (Å²) in [5.41, 5.74) is 17.6. The number of piperazine rings is 2. The van der Waals surface area contributed by atoms with E-state index >= 15 is 0 Å². The van der Waals surface area contributed by atoms with Gasteiger partial charge in [-0.15, -0.1) is 45.3 Å². The second kappa shape index (κ2) is 40.8. The number of benzene rings is 3. The number of rotatable bonds is 30. The second-order valence-corrected chi connectivity index (χ2v) is 38.5. The monoisotopic (exact) mass is 1720 g/mol. The fourth-order valence-corrected chi connectivity index (χ4v) is 19.3. The van der Waals surface area contributed by atoms with Crippen LogP contribution in [0.1, 0.15) is 114 Å². The molecular weight excluding hydrogens is 1620 g/mol. The van der Waals surface area contributed by atoms with Crippen molar-refractivity contribution in [3.05, 3.63) is 129 Å². The summed E-state index contributed by atoms with van der Waals surface area (Å²) in [7, 11) is -8.96. The molecule has 11 N–H and O–H groups in total. The molecule has 3 aliphatic rings. The number of nitrogens with one attached hydrogen (secondary N) is 5. The molecule has 0 unspecified atom stereocenters. The predicted octanol–water partition coefficient (Wildman–Crippen LogP) is 9.37. The van der Waals surface area contributed by atoms with Crippen LogP contribution in [-0.4, -0.2) is 207 Å². The molecule has 29 nitrogen and oxygen atoms in total. The van der Waals surface area contributed by atoms with Gasteiger partial charge in [-0.2, -0.15) is 0 Å². The molecule has 602 valence electrons. The SMILES string of the molecule is COC(=O)[C@H](CN=C(C)N)CC(=O)c1sccc1NS(=O)(=O)c1cccc(NCc2csc(Br)n2)c1.COC(=O)[C@H](CN=C(C)N)CC(=O)c1sccc1NS(=O)(=O)c1cccc(NCc2csc(N3CCN(CCO)CC3)n2)c1.Cc1c(C)c(S(=O)(=O)C(C)(C)C)c(C)c2c1OC(C)(C)C2.OCCN1CCNCC1. The Morgan fingerprint density at radius 1 is 0.673 bits per heavy atom. The molecule has 0 spiro atoms. The third-order valence-corrected chi connectivity index (χ3v) is 27.5. The van der Waals surface area contributed by atoms with Crippen molar-refractivity contribution in [3.8, 4) is 5.75 Å². The summed E-state index contributed by atoms with van der Waals surface area (Å²) in [4.78, 5) is 75.1. The first-order valence-corrected chi connectivity index (χ1v) is 44.0. The average molecular weight is 1720 g/mol. The van der Waals surface area contributed by atoms with E-state index in [0.29, 0.717) is 42.5 Å². The molecule has 2 atom stereocenters. The number of esters is 2. The number of ketones is 2. The number of thiophene rings is 2. The van der Waals surface area contributed by atoms with Crippen LogP contribution >= 0.6 is 61.3 Å². The predicted molar refractivity (Wildman–Crippen MR) is 441 cm³/mol. The maximum Gasteiger partial charge on any atom is 0.311 e. The smallest absolute Gasteiger partial charge is 0.311 e. The molecule has 7 aromatic rings. The lowest BCUT2D eigenvalue weighted by atomic mass is 9.94. The molecule has 0 radical (unpaired) electrons. The number of nitrogens with two attached hydrogens (primary N) is 2. The lowest BCUT2D eigenvalue weighted by Crippen LogP contribution is -2.47. The Bertz CT molecular complexity index is 4700. The minimum atomic E-state index is -4.04.